The second-order valence-electron chi connectivity index (χ2n) is 9.14. The molecular weight excluding hydrogens is 629 g/mol. The van der Waals surface area contributed by atoms with Gasteiger partial charge in [0, 0.05) is 52.4 Å². The molecule has 1 aliphatic heterocycles. The number of hydrogen-bond acceptors (Lipinski definition) is 5. The number of nitrogens with zero attached hydrogens (tertiary/aromatic N) is 3. The van der Waals surface area contributed by atoms with Gasteiger partial charge in [0.2, 0.25) is 0 Å². The summed E-state index contributed by atoms with van der Waals surface area (Å²) in [6, 6.07) is 8.71. The lowest BCUT2D eigenvalue weighted by Crippen LogP contribution is -2.37. The average Bonchev–Trinajstić information content (AvgIpc) is 3.32. The van der Waals surface area contributed by atoms with E-state index in [4.69, 9.17) is 5.11 Å². The van der Waals surface area contributed by atoms with Gasteiger partial charge in [-0.2, -0.15) is 8.78 Å². The molecule has 204 valence electrons. The van der Waals surface area contributed by atoms with Crippen molar-refractivity contribution in [1.82, 2.24) is 14.8 Å². The molecule has 2 aromatic heterocycles. The molecular formula is C26H24F2IN4O6+. The molecule has 4 rings (SSSR count). The molecule has 1 aromatic carbocycles. The largest absolute Gasteiger partial charge is 0.506 e. The third kappa shape index (κ3) is 5.77. The van der Waals surface area contributed by atoms with Gasteiger partial charge in [-0.15, -0.1) is 0 Å². The molecule has 0 unspecified atom stereocenters. The number of aromatic hydroxyl groups is 1. The number of carbonyl (C=O) groups is 3. The number of pyridine rings is 2. The van der Waals surface area contributed by atoms with Crippen molar-refractivity contribution in [3.05, 3.63) is 92.2 Å². The van der Waals surface area contributed by atoms with E-state index >= 15 is 0 Å². The van der Waals surface area contributed by atoms with E-state index in [1.807, 2.05) is 6.92 Å². The number of halogens is 3. The lowest BCUT2D eigenvalue weighted by molar-refractivity contribution is -0.677. The second-order valence-corrected chi connectivity index (χ2v) is 10.5. The number of aliphatic carboxylic acids is 1. The lowest BCUT2D eigenvalue weighted by atomic mass is 10.1. The molecule has 1 aliphatic rings. The molecule has 0 saturated heterocycles. The van der Waals surface area contributed by atoms with Crippen molar-refractivity contribution >= 4 is 40.4 Å². The molecule has 3 N–H and O–H groups in total. The standard InChI is InChI=1S/C26H23F2IN4O6/c1-14-3-6-16(11-31(14)2)24(38)32-12-18-19(13-32)33(10-15-4-7-17(8-5-15)26(27,28)29)25(39)21(22(18)36)23(37)30-9-20(34)35/h3-8,11H,9-10,12-13H2,1-2H3,(H2-,30,34,35,36,37,39)/p+1. The highest BCUT2D eigenvalue weighted by Gasteiger charge is 2.34. The molecule has 0 fully saturated rings. The predicted molar refractivity (Wildman–Crippen MR) is 142 cm³/mol. The van der Waals surface area contributed by atoms with Crippen LogP contribution in [-0.4, -0.2) is 44.0 Å². The van der Waals surface area contributed by atoms with Crippen molar-refractivity contribution in [3.63, 3.8) is 0 Å². The van der Waals surface area contributed by atoms with Gasteiger partial charge in [-0.05, 0) is 11.6 Å². The number of carboxylic acids is 1. The number of rotatable bonds is 7. The van der Waals surface area contributed by atoms with Crippen LogP contribution >= 0.6 is 22.6 Å². The van der Waals surface area contributed by atoms with E-state index in [1.165, 1.54) is 33.7 Å². The van der Waals surface area contributed by atoms with Crippen molar-refractivity contribution in [1.29, 1.82) is 0 Å². The van der Waals surface area contributed by atoms with E-state index in [0.717, 1.165) is 28.3 Å². The van der Waals surface area contributed by atoms with Crippen molar-refractivity contribution in [2.75, 3.05) is 6.54 Å². The molecule has 0 atom stereocenters. The van der Waals surface area contributed by atoms with Gasteiger partial charge in [-0.3, -0.25) is 19.2 Å². The Balaban J connectivity index is 1.77. The minimum Gasteiger partial charge on any atom is -0.506 e. The Morgan fingerprint density at radius 1 is 1.13 bits per heavy atom. The van der Waals surface area contributed by atoms with Crippen molar-refractivity contribution in [3.8, 4) is 5.75 Å². The Hall–Kier alpha value is -3.88. The molecule has 3 aromatic rings. The number of amides is 2. The molecule has 2 amide bonds. The number of nitrogens with one attached hydrogen (secondary N) is 1. The third-order valence-corrected chi connectivity index (χ3v) is 7.14. The normalized spacial score (nSPS) is 12.8. The van der Waals surface area contributed by atoms with E-state index in [1.54, 1.807) is 29.9 Å². The predicted octanol–water partition coefficient (Wildman–Crippen LogP) is 2.19. The van der Waals surface area contributed by atoms with Crippen LogP contribution in [0.4, 0.5) is 8.78 Å². The fourth-order valence-corrected chi connectivity index (χ4v) is 4.68. The maximum Gasteiger partial charge on any atom is 0.322 e. The van der Waals surface area contributed by atoms with Crippen molar-refractivity contribution < 1.29 is 37.9 Å². The second kappa shape index (κ2) is 10.7. The fraction of sp³-hybridized carbons (Fsp3) is 0.269. The number of carboxylic acid groups (broad SMARTS) is 1. The minimum atomic E-state index is -3.09. The highest BCUT2D eigenvalue weighted by atomic mass is 127. The van der Waals surface area contributed by atoms with Gasteiger partial charge < -0.3 is 25.0 Å². The van der Waals surface area contributed by atoms with Crippen molar-refractivity contribution in [2.24, 2.45) is 7.05 Å². The van der Waals surface area contributed by atoms with E-state index in [0.29, 0.717) is 11.1 Å². The first-order valence-corrected chi connectivity index (χ1v) is 12.7. The summed E-state index contributed by atoms with van der Waals surface area (Å²) in [5.41, 5.74) is 0.393. The Morgan fingerprint density at radius 3 is 2.38 bits per heavy atom. The van der Waals surface area contributed by atoms with Crippen LogP contribution in [-0.2, 0) is 35.4 Å². The summed E-state index contributed by atoms with van der Waals surface area (Å²) in [5.74, 6) is -3.45. The number of fused-ring (bicyclic) bond motifs is 1. The third-order valence-electron chi connectivity index (χ3n) is 6.52. The SMILES string of the molecule is Cc1ccc(C(=O)N2Cc3c(O)c(C(=O)NCC(=O)O)c(=O)n(Cc4ccc(C(F)(F)I)cc4)c3C2)c[n+]1C. The first-order chi connectivity index (χ1) is 18.3. The minimum absolute atomic E-state index is 0.0600. The van der Waals surface area contributed by atoms with Gasteiger partial charge in [-0.25, -0.2) is 4.57 Å². The Kier molecular flexibility index (Phi) is 7.73. The molecule has 13 heteroatoms. The van der Waals surface area contributed by atoms with Gasteiger partial charge in [0.25, 0.3) is 17.4 Å². The fourth-order valence-electron chi connectivity index (χ4n) is 4.32. The molecule has 10 nitrogen and oxygen atoms in total. The maximum absolute atomic E-state index is 13.7. The maximum atomic E-state index is 13.7. The van der Waals surface area contributed by atoms with Gasteiger partial charge in [0.05, 0.1) is 19.6 Å². The number of aryl methyl sites for hydroxylation is 2. The zero-order chi connectivity index (χ0) is 28.6. The van der Waals surface area contributed by atoms with E-state index in [9.17, 15) is 33.1 Å². The van der Waals surface area contributed by atoms with Crippen molar-refractivity contribution in [2.45, 2.75) is 30.5 Å². The number of aromatic nitrogens is 2. The molecule has 0 aliphatic carbocycles. The van der Waals surface area contributed by atoms with Crippen LogP contribution in [0.2, 0.25) is 0 Å². The Bertz CT molecular complexity index is 1550. The highest BCUT2D eigenvalue weighted by molar-refractivity contribution is 14.1. The monoisotopic (exact) mass is 653 g/mol. The number of carbonyl (C=O) groups excluding carboxylic acids is 2. The molecule has 0 radical (unpaired) electrons. The zero-order valence-electron chi connectivity index (χ0n) is 20.9. The number of alkyl halides is 3. The van der Waals surface area contributed by atoms with Gasteiger partial charge in [-0.1, -0.05) is 24.3 Å². The molecule has 39 heavy (non-hydrogen) atoms. The molecule has 0 saturated carbocycles. The number of benzene rings is 1. The summed E-state index contributed by atoms with van der Waals surface area (Å²) < 4.78 is 27.2. The molecule has 0 bridgehead atoms. The van der Waals surface area contributed by atoms with Crippen LogP contribution in [0.15, 0.2) is 47.4 Å². The first kappa shape index (κ1) is 28.1. The van der Waals surface area contributed by atoms with Crippen LogP contribution in [0, 0.1) is 6.92 Å². The van der Waals surface area contributed by atoms with E-state index in [2.05, 4.69) is 5.32 Å². The van der Waals surface area contributed by atoms with Crippen LogP contribution in [0.25, 0.3) is 0 Å². The van der Waals surface area contributed by atoms with Crippen LogP contribution < -0.4 is 15.4 Å². The number of hydrogen-bond donors (Lipinski definition) is 3. The summed E-state index contributed by atoms with van der Waals surface area (Å²) in [5, 5.41) is 21.9. The van der Waals surface area contributed by atoms with E-state index < -0.39 is 39.2 Å². The summed E-state index contributed by atoms with van der Waals surface area (Å²) in [6.07, 6.45) is 1.66. The van der Waals surface area contributed by atoms with Gasteiger partial charge in [0.1, 0.15) is 30.5 Å². The average molecular weight is 653 g/mol. The topological polar surface area (TPSA) is 133 Å². The summed E-state index contributed by atoms with van der Waals surface area (Å²) in [4.78, 5) is 51.8. The first-order valence-electron chi connectivity index (χ1n) is 11.7. The zero-order valence-corrected chi connectivity index (χ0v) is 23.0. The quantitative estimate of drug-likeness (QED) is 0.204. The Morgan fingerprint density at radius 2 is 1.79 bits per heavy atom. The highest BCUT2D eigenvalue weighted by Crippen LogP contribution is 2.36. The summed E-state index contributed by atoms with van der Waals surface area (Å²) in [7, 11) is 1.79. The van der Waals surface area contributed by atoms with E-state index in [-0.39, 0.29) is 42.4 Å². The smallest absolute Gasteiger partial charge is 0.322 e. The molecule has 3 heterocycles. The lowest BCUT2D eigenvalue weighted by Gasteiger charge is -2.17. The van der Waals surface area contributed by atoms with Gasteiger partial charge >= 0.3 is 9.90 Å². The Labute approximate surface area is 234 Å². The van der Waals surface area contributed by atoms with Crippen LogP contribution in [0.1, 0.15) is 48.8 Å². The van der Waals surface area contributed by atoms with Gasteiger partial charge in [0.15, 0.2) is 11.9 Å². The molecule has 0 spiro atoms. The summed E-state index contributed by atoms with van der Waals surface area (Å²) >= 11 is 1.01. The van der Waals surface area contributed by atoms with Crippen LogP contribution in [0.5, 0.6) is 5.75 Å². The van der Waals surface area contributed by atoms with Crippen LogP contribution in [0.3, 0.4) is 0 Å². The summed E-state index contributed by atoms with van der Waals surface area (Å²) in [6.45, 7) is 0.777.